The lowest BCUT2D eigenvalue weighted by atomic mass is 9.94. The fourth-order valence-electron chi connectivity index (χ4n) is 3.79. The highest BCUT2D eigenvalue weighted by atomic mass is 32.2. The van der Waals surface area contributed by atoms with Crippen LogP contribution in [0.1, 0.15) is 56.6 Å². The van der Waals surface area contributed by atoms with Crippen molar-refractivity contribution in [3.05, 3.63) is 29.3 Å². The number of anilines is 1. The van der Waals surface area contributed by atoms with Gasteiger partial charge in [0, 0.05) is 13.1 Å². The summed E-state index contributed by atoms with van der Waals surface area (Å²) < 4.78 is 26.5. The van der Waals surface area contributed by atoms with Crippen LogP contribution in [0.5, 0.6) is 0 Å². The maximum atomic E-state index is 13.2. The number of aryl methyl sites for hydroxylation is 2. The van der Waals surface area contributed by atoms with Crippen molar-refractivity contribution in [1.82, 2.24) is 4.90 Å². The number of benzene rings is 1. The maximum absolute atomic E-state index is 13.2. The van der Waals surface area contributed by atoms with Gasteiger partial charge in [-0.05, 0) is 56.4 Å². The smallest absolute Gasteiger partial charge is 0.246 e. The number of sulfonamides is 1. The molecule has 146 valence electrons. The van der Waals surface area contributed by atoms with E-state index in [1.165, 1.54) is 17.0 Å². The predicted molar refractivity (Wildman–Crippen MR) is 107 cm³/mol. The second-order valence-electron chi connectivity index (χ2n) is 7.49. The zero-order valence-electron chi connectivity index (χ0n) is 16.7. The molecule has 1 aromatic rings. The van der Waals surface area contributed by atoms with Crippen LogP contribution in [0, 0.1) is 13.8 Å². The van der Waals surface area contributed by atoms with Gasteiger partial charge in [0.15, 0.2) is 0 Å². The first-order valence-electron chi connectivity index (χ1n) is 9.50. The Morgan fingerprint density at radius 3 is 2.27 bits per heavy atom. The van der Waals surface area contributed by atoms with Crippen molar-refractivity contribution in [2.24, 2.45) is 0 Å². The average molecular weight is 381 g/mol. The Bertz CT molecular complexity index is 739. The highest BCUT2D eigenvalue weighted by molar-refractivity contribution is 7.92. The molecule has 1 amide bonds. The monoisotopic (exact) mass is 380 g/mol. The van der Waals surface area contributed by atoms with E-state index in [1.807, 2.05) is 40.0 Å². The van der Waals surface area contributed by atoms with Crippen LogP contribution >= 0.6 is 0 Å². The fraction of sp³-hybridized carbons (Fsp3) is 0.650. The Morgan fingerprint density at radius 2 is 1.77 bits per heavy atom. The van der Waals surface area contributed by atoms with E-state index in [2.05, 4.69) is 0 Å². The molecule has 1 unspecified atom stereocenters. The topological polar surface area (TPSA) is 57.7 Å². The van der Waals surface area contributed by atoms with Gasteiger partial charge >= 0.3 is 0 Å². The van der Waals surface area contributed by atoms with Gasteiger partial charge in [-0.2, -0.15) is 0 Å². The SMILES string of the molecule is CCC(C(=O)N(C)C1CCCCC1)N(c1ccc(C)c(C)c1)S(C)(=O)=O. The quantitative estimate of drug-likeness (QED) is 0.757. The van der Waals surface area contributed by atoms with Crippen LogP contribution in [0.15, 0.2) is 18.2 Å². The Labute approximate surface area is 158 Å². The molecule has 1 aliphatic carbocycles. The van der Waals surface area contributed by atoms with Gasteiger partial charge in [-0.3, -0.25) is 9.10 Å². The molecule has 1 atom stereocenters. The van der Waals surface area contributed by atoms with Crippen molar-refractivity contribution in [1.29, 1.82) is 0 Å². The first kappa shape index (κ1) is 20.7. The van der Waals surface area contributed by atoms with Crippen LogP contribution in [-0.2, 0) is 14.8 Å². The first-order valence-corrected chi connectivity index (χ1v) is 11.3. The summed E-state index contributed by atoms with van der Waals surface area (Å²) in [5.74, 6) is -0.108. The van der Waals surface area contributed by atoms with Crippen molar-refractivity contribution in [2.75, 3.05) is 17.6 Å². The minimum absolute atomic E-state index is 0.108. The molecule has 1 saturated carbocycles. The summed E-state index contributed by atoms with van der Waals surface area (Å²) in [7, 11) is -1.76. The minimum Gasteiger partial charge on any atom is -0.341 e. The Morgan fingerprint density at radius 1 is 1.15 bits per heavy atom. The molecular formula is C20H32N2O3S. The van der Waals surface area contributed by atoms with Gasteiger partial charge < -0.3 is 4.90 Å². The Hall–Kier alpha value is -1.56. The Kier molecular flexibility index (Phi) is 6.72. The highest BCUT2D eigenvalue weighted by Crippen LogP contribution is 2.28. The largest absolute Gasteiger partial charge is 0.341 e. The third-order valence-corrected chi connectivity index (χ3v) is 6.71. The average Bonchev–Trinajstić information content (AvgIpc) is 2.60. The van der Waals surface area contributed by atoms with Gasteiger partial charge in [-0.15, -0.1) is 0 Å². The first-order chi connectivity index (χ1) is 12.2. The van der Waals surface area contributed by atoms with E-state index in [-0.39, 0.29) is 11.9 Å². The second-order valence-corrected chi connectivity index (χ2v) is 9.35. The van der Waals surface area contributed by atoms with Crippen LogP contribution in [0.25, 0.3) is 0 Å². The molecule has 0 saturated heterocycles. The third kappa shape index (κ3) is 4.58. The fourth-order valence-corrected chi connectivity index (χ4v) is 4.99. The van der Waals surface area contributed by atoms with E-state index in [0.29, 0.717) is 12.1 Å². The molecule has 0 heterocycles. The number of likely N-dealkylation sites (N-methyl/N-ethyl adjacent to an activating group) is 1. The summed E-state index contributed by atoms with van der Waals surface area (Å²) in [5, 5.41) is 0. The van der Waals surface area contributed by atoms with E-state index in [4.69, 9.17) is 0 Å². The molecule has 0 aromatic heterocycles. The molecule has 0 N–H and O–H groups in total. The normalized spacial score (nSPS) is 17.0. The zero-order chi connectivity index (χ0) is 19.5. The summed E-state index contributed by atoms with van der Waals surface area (Å²) in [6.07, 6.45) is 7.10. The van der Waals surface area contributed by atoms with Crippen molar-refractivity contribution in [3.63, 3.8) is 0 Å². The van der Waals surface area contributed by atoms with Gasteiger partial charge in [-0.25, -0.2) is 8.42 Å². The lowest BCUT2D eigenvalue weighted by molar-refractivity contribution is -0.133. The van der Waals surface area contributed by atoms with Crippen LogP contribution in [-0.4, -0.2) is 44.6 Å². The molecule has 0 spiro atoms. The molecule has 0 bridgehead atoms. The standard InChI is InChI=1S/C20H32N2O3S/c1-6-19(20(23)21(4)17-10-8-7-9-11-17)22(26(5,24)25)18-13-12-15(2)16(3)14-18/h12-14,17,19H,6-11H2,1-5H3. The number of hydrogen-bond donors (Lipinski definition) is 0. The van der Waals surface area contributed by atoms with Crippen LogP contribution in [0.3, 0.4) is 0 Å². The van der Waals surface area contributed by atoms with Gasteiger partial charge in [0.25, 0.3) is 0 Å². The molecule has 0 aliphatic heterocycles. The van der Waals surface area contributed by atoms with Gasteiger partial charge in [0.2, 0.25) is 15.9 Å². The number of amides is 1. The van der Waals surface area contributed by atoms with Crippen molar-refractivity contribution >= 4 is 21.6 Å². The summed E-state index contributed by atoms with van der Waals surface area (Å²) >= 11 is 0. The molecule has 6 heteroatoms. The number of hydrogen-bond acceptors (Lipinski definition) is 3. The van der Waals surface area contributed by atoms with E-state index < -0.39 is 16.1 Å². The number of carbonyl (C=O) groups excluding carboxylic acids is 1. The van der Waals surface area contributed by atoms with E-state index in [1.54, 1.807) is 11.0 Å². The molecule has 1 aromatic carbocycles. The van der Waals surface area contributed by atoms with Gasteiger partial charge in [-0.1, -0.05) is 32.3 Å². The molecule has 2 rings (SSSR count). The van der Waals surface area contributed by atoms with E-state index >= 15 is 0 Å². The van der Waals surface area contributed by atoms with Crippen LogP contribution < -0.4 is 4.31 Å². The summed E-state index contributed by atoms with van der Waals surface area (Å²) in [4.78, 5) is 15.0. The highest BCUT2D eigenvalue weighted by Gasteiger charge is 2.35. The third-order valence-electron chi connectivity index (χ3n) is 5.53. The lowest BCUT2D eigenvalue weighted by Crippen LogP contribution is -2.52. The van der Waals surface area contributed by atoms with Crippen molar-refractivity contribution < 1.29 is 13.2 Å². The van der Waals surface area contributed by atoms with Crippen molar-refractivity contribution in [2.45, 2.75) is 71.4 Å². The molecule has 26 heavy (non-hydrogen) atoms. The number of nitrogens with zero attached hydrogens (tertiary/aromatic N) is 2. The second kappa shape index (κ2) is 8.42. The molecular weight excluding hydrogens is 348 g/mol. The molecule has 5 nitrogen and oxygen atoms in total. The summed E-state index contributed by atoms with van der Waals surface area (Å²) in [5.41, 5.74) is 2.67. The summed E-state index contributed by atoms with van der Waals surface area (Å²) in [6, 6.07) is 5.06. The zero-order valence-corrected chi connectivity index (χ0v) is 17.5. The van der Waals surface area contributed by atoms with E-state index in [0.717, 1.165) is 36.8 Å². The Balaban J connectivity index is 2.37. The predicted octanol–water partition coefficient (Wildman–Crippen LogP) is 3.64. The maximum Gasteiger partial charge on any atom is 0.246 e. The minimum atomic E-state index is -3.58. The molecule has 1 fully saturated rings. The molecule has 1 aliphatic rings. The number of rotatable bonds is 6. The van der Waals surface area contributed by atoms with E-state index in [9.17, 15) is 13.2 Å². The van der Waals surface area contributed by atoms with Crippen LogP contribution in [0.2, 0.25) is 0 Å². The van der Waals surface area contributed by atoms with Gasteiger partial charge in [0.1, 0.15) is 6.04 Å². The van der Waals surface area contributed by atoms with Crippen LogP contribution in [0.4, 0.5) is 5.69 Å². The van der Waals surface area contributed by atoms with Gasteiger partial charge in [0.05, 0.1) is 11.9 Å². The summed E-state index contributed by atoms with van der Waals surface area (Å²) in [6.45, 7) is 5.82. The van der Waals surface area contributed by atoms with Crippen molar-refractivity contribution in [3.8, 4) is 0 Å². The molecule has 0 radical (unpaired) electrons. The lowest BCUT2D eigenvalue weighted by Gasteiger charge is -2.37. The number of carbonyl (C=O) groups is 1.